The first-order valence-electron chi connectivity index (χ1n) is 5.71. The van der Waals surface area contributed by atoms with E-state index in [1.54, 1.807) is 0 Å². The molecule has 1 aliphatic carbocycles. The summed E-state index contributed by atoms with van der Waals surface area (Å²) in [4.78, 5) is 11.2. The SMILES string of the molecule is O=C(O)[C@H]1NCCCC12CCCCC2. The van der Waals surface area contributed by atoms with Crippen molar-refractivity contribution in [1.29, 1.82) is 0 Å². The third-order valence-corrected chi connectivity index (χ3v) is 3.91. The Kier molecular flexibility index (Phi) is 2.77. The van der Waals surface area contributed by atoms with Crippen LogP contribution in [0.15, 0.2) is 0 Å². The molecule has 2 fully saturated rings. The van der Waals surface area contributed by atoms with Crippen molar-refractivity contribution in [3.8, 4) is 0 Å². The van der Waals surface area contributed by atoms with Crippen LogP contribution < -0.4 is 5.32 Å². The third-order valence-electron chi connectivity index (χ3n) is 3.91. The zero-order valence-electron chi connectivity index (χ0n) is 8.59. The Hall–Kier alpha value is -0.570. The zero-order valence-corrected chi connectivity index (χ0v) is 8.59. The molecule has 0 aromatic rings. The maximum absolute atomic E-state index is 11.2. The lowest BCUT2D eigenvalue weighted by molar-refractivity contribution is -0.145. The molecule has 1 spiro atoms. The standard InChI is InChI=1S/C11H19NO2/c13-10(14)9-11(7-4-8-12-9)5-2-1-3-6-11/h9,12H,1-8H2,(H,13,14)/t9-/m1/s1. The van der Waals surface area contributed by atoms with Crippen LogP contribution in [0.5, 0.6) is 0 Å². The summed E-state index contributed by atoms with van der Waals surface area (Å²) in [5.74, 6) is -0.647. The van der Waals surface area contributed by atoms with Crippen molar-refractivity contribution in [3.05, 3.63) is 0 Å². The van der Waals surface area contributed by atoms with Crippen LogP contribution in [0.2, 0.25) is 0 Å². The monoisotopic (exact) mass is 197 g/mol. The first kappa shape index (κ1) is 9.97. The summed E-state index contributed by atoms with van der Waals surface area (Å²) in [5.41, 5.74) is 0.0856. The van der Waals surface area contributed by atoms with Crippen molar-refractivity contribution in [1.82, 2.24) is 5.32 Å². The van der Waals surface area contributed by atoms with Gasteiger partial charge >= 0.3 is 5.97 Å². The van der Waals surface area contributed by atoms with Crippen LogP contribution in [0.3, 0.4) is 0 Å². The van der Waals surface area contributed by atoms with Crippen LogP contribution in [0.25, 0.3) is 0 Å². The molecule has 0 aromatic carbocycles. The van der Waals surface area contributed by atoms with Gasteiger partial charge in [-0.3, -0.25) is 4.79 Å². The summed E-state index contributed by atoms with van der Waals surface area (Å²) in [6.45, 7) is 0.874. The predicted octanol–water partition coefficient (Wildman–Crippen LogP) is 1.77. The van der Waals surface area contributed by atoms with Gasteiger partial charge in [0.2, 0.25) is 0 Å². The molecule has 2 aliphatic rings. The molecule has 0 aromatic heterocycles. The number of hydrogen-bond donors (Lipinski definition) is 2. The number of carboxylic acids is 1. The van der Waals surface area contributed by atoms with E-state index in [9.17, 15) is 9.90 Å². The maximum atomic E-state index is 11.2. The topological polar surface area (TPSA) is 49.3 Å². The summed E-state index contributed by atoms with van der Waals surface area (Å²) < 4.78 is 0. The highest BCUT2D eigenvalue weighted by Crippen LogP contribution is 2.44. The van der Waals surface area contributed by atoms with Gasteiger partial charge in [0.25, 0.3) is 0 Å². The van der Waals surface area contributed by atoms with Crippen LogP contribution in [-0.2, 0) is 4.79 Å². The molecule has 0 unspecified atom stereocenters. The van der Waals surface area contributed by atoms with E-state index < -0.39 is 5.97 Å². The van der Waals surface area contributed by atoms with E-state index in [0.29, 0.717) is 0 Å². The molecule has 1 atom stereocenters. The number of piperidine rings is 1. The summed E-state index contributed by atoms with van der Waals surface area (Å²) in [6, 6.07) is -0.281. The van der Waals surface area contributed by atoms with Gasteiger partial charge < -0.3 is 10.4 Å². The molecule has 14 heavy (non-hydrogen) atoms. The van der Waals surface area contributed by atoms with Crippen LogP contribution in [0.1, 0.15) is 44.9 Å². The van der Waals surface area contributed by atoms with Crippen LogP contribution in [-0.4, -0.2) is 23.7 Å². The molecule has 2 rings (SSSR count). The van der Waals surface area contributed by atoms with Crippen molar-refractivity contribution >= 4 is 5.97 Å². The fourth-order valence-electron chi connectivity index (χ4n) is 3.19. The lowest BCUT2D eigenvalue weighted by Crippen LogP contribution is -2.54. The van der Waals surface area contributed by atoms with Crippen LogP contribution >= 0.6 is 0 Å². The fourth-order valence-corrected chi connectivity index (χ4v) is 3.19. The van der Waals surface area contributed by atoms with Crippen LogP contribution in [0.4, 0.5) is 0 Å². The Morgan fingerprint density at radius 2 is 1.79 bits per heavy atom. The minimum atomic E-state index is -0.647. The molecule has 80 valence electrons. The molecular formula is C11H19NO2. The smallest absolute Gasteiger partial charge is 0.321 e. The molecule has 0 amide bonds. The number of hydrogen-bond acceptors (Lipinski definition) is 2. The van der Waals surface area contributed by atoms with Gasteiger partial charge in [-0.2, -0.15) is 0 Å². The Morgan fingerprint density at radius 1 is 1.14 bits per heavy atom. The van der Waals surface area contributed by atoms with Gasteiger partial charge in [0.1, 0.15) is 6.04 Å². The molecule has 1 saturated heterocycles. The lowest BCUT2D eigenvalue weighted by atomic mass is 9.65. The minimum Gasteiger partial charge on any atom is -0.480 e. The van der Waals surface area contributed by atoms with Gasteiger partial charge in [-0.05, 0) is 37.6 Å². The largest absolute Gasteiger partial charge is 0.480 e. The van der Waals surface area contributed by atoms with E-state index in [-0.39, 0.29) is 11.5 Å². The molecule has 1 heterocycles. The summed E-state index contributed by atoms with van der Waals surface area (Å²) in [6.07, 6.45) is 8.18. The quantitative estimate of drug-likeness (QED) is 0.673. The van der Waals surface area contributed by atoms with Crippen molar-refractivity contribution in [2.24, 2.45) is 5.41 Å². The van der Waals surface area contributed by atoms with Crippen molar-refractivity contribution in [3.63, 3.8) is 0 Å². The second-order valence-electron chi connectivity index (χ2n) is 4.75. The average molecular weight is 197 g/mol. The molecule has 3 nitrogen and oxygen atoms in total. The number of aliphatic carboxylic acids is 1. The minimum absolute atomic E-state index is 0.0856. The second kappa shape index (κ2) is 3.89. The van der Waals surface area contributed by atoms with Crippen molar-refractivity contribution in [2.75, 3.05) is 6.54 Å². The van der Waals surface area contributed by atoms with Crippen LogP contribution in [0, 0.1) is 5.41 Å². The molecule has 1 aliphatic heterocycles. The van der Waals surface area contributed by atoms with Gasteiger partial charge in [0, 0.05) is 0 Å². The maximum Gasteiger partial charge on any atom is 0.321 e. The Morgan fingerprint density at radius 3 is 2.43 bits per heavy atom. The first-order valence-corrected chi connectivity index (χ1v) is 5.71. The Labute approximate surface area is 84.9 Å². The predicted molar refractivity (Wildman–Crippen MR) is 54.2 cm³/mol. The molecule has 0 radical (unpaired) electrons. The fraction of sp³-hybridized carbons (Fsp3) is 0.909. The number of nitrogens with one attached hydrogen (secondary N) is 1. The molecular weight excluding hydrogens is 178 g/mol. The number of carbonyl (C=O) groups is 1. The van der Waals surface area contributed by atoms with E-state index in [4.69, 9.17) is 0 Å². The highest BCUT2D eigenvalue weighted by molar-refractivity contribution is 5.74. The van der Waals surface area contributed by atoms with E-state index in [0.717, 1.165) is 32.2 Å². The van der Waals surface area contributed by atoms with Crippen molar-refractivity contribution < 1.29 is 9.90 Å². The Balaban J connectivity index is 2.14. The number of carboxylic acid groups (broad SMARTS) is 1. The molecule has 1 saturated carbocycles. The number of rotatable bonds is 1. The normalized spacial score (nSPS) is 31.6. The van der Waals surface area contributed by atoms with Crippen molar-refractivity contribution in [2.45, 2.75) is 51.0 Å². The summed E-state index contributed by atoms with van der Waals surface area (Å²) in [5, 5.41) is 12.4. The summed E-state index contributed by atoms with van der Waals surface area (Å²) >= 11 is 0. The zero-order chi connectivity index (χ0) is 10.0. The first-order chi connectivity index (χ1) is 6.75. The van der Waals surface area contributed by atoms with E-state index in [2.05, 4.69) is 5.32 Å². The summed E-state index contributed by atoms with van der Waals surface area (Å²) in [7, 11) is 0. The second-order valence-corrected chi connectivity index (χ2v) is 4.75. The van der Waals surface area contributed by atoms with Gasteiger partial charge in [-0.15, -0.1) is 0 Å². The van der Waals surface area contributed by atoms with Gasteiger partial charge in [0.15, 0.2) is 0 Å². The highest BCUT2D eigenvalue weighted by Gasteiger charge is 2.44. The molecule has 3 heteroatoms. The molecule has 2 N–H and O–H groups in total. The van der Waals surface area contributed by atoms with Gasteiger partial charge in [0.05, 0.1) is 0 Å². The van der Waals surface area contributed by atoms with Gasteiger partial charge in [-0.25, -0.2) is 0 Å². The lowest BCUT2D eigenvalue weighted by Gasteiger charge is -2.45. The van der Waals surface area contributed by atoms with E-state index in [1.807, 2.05) is 0 Å². The van der Waals surface area contributed by atoms with Gasteiger partial charge in [-0.1, -0.05) is 19.3 Å². The van der Waals surface area contributed by atoms with E-state index in [1.165, 1.54) is 19.3 Å². The molecule has 0 bridgehead atoms. The Bertz CT molecular complexity index is 213. The third kappa shape index (κ3) is 1.65. The van der Waals surface area contributed by atoms with E-state index >= 15 is 0 Å². The highest BCUT2D eigenvalue weighted by atomic mass is 16.4. The average Bonchev–Trinajstić information content (AvgIpc) is 2.19.